The van der Waals surface area contributed by atoms with Gasteiger partial charge in [-0.05, 0) is 18.6 Å². The molecule has 0 bridgehead atoms. The predicted octanol–water partition coefficient (Wildman–Crippen LogP) is 3.94. The van der Waals surface area contributed by atoms with Gasteiger partial charge in [-0.2, -0.15) is 13.2 Å². The first kappa shape index (κ1) is 15.3. The highest BCUT2D eigenvalue weighted by Crippen LogP contribution is 2.38. The zero-order valence-corrected chi connectivity index (χ0v) is 11.7. The van der Waals surface area contributed by atoms with Gasteiger partial charge in [-0.1, -0.05) is 28.1 Å². The van der Waals surface area contributed by atoms with Crippen LogP contribution in [0.25, 0.3) is 0 Å². The van der Waals surface area contributed by atoms with Crippen molar-refractivity contribution in [2.45, 2.75) is 13.1 Å². The van der Waals surface area contributed by atoms with Gasteiger partial charge in [-0.25, -0.2) is 0 Å². The van der Waals surface area contributed by atoms with Gasteiger partial charge in [0.05, 0.1) is 16.7 Å². The third-order valence-electron chi connectivity index (χ3n) is 2.35. The number of rotatable bonds is 3. The molecular weight excluding hydrogens is 334 g/mol. The van der Waals surface area contributed by atoms with Crippen molar-refractivity contribution < 1.29 is 18.0 Å². The zero-order valence-electron chi connectivity index (χ0n) is 9.39. The average molecular weight is 345 g/mol. The van der Waals surface area contributed by atoms with E-state index in [0.29, 0.717) is 5.56 Å². The first-order valence-corrected chi connectivity index (χ1v) is 6.57. The maximum atomic E-state index is 12.9. The molecule has 7 heteroatoms. The first-order chi connectivity index (χ1) is 8.32. The number of amides is 1. The smallest absolute Gasteiger partial charge is 0.300 e. The van der Waals surface area contributed by atoms with E-state index >= 15 is 0 Å². The van der Waals surface area contributed by atoms with Crippen molar-refractivity contribution in [2.75, 3.05) is 16.2 Å². The van der Waals surface area contributed by atoms with E-state index in [1.807, 2.05) is 0 Å². The summed E-state index contributed by atoms with van der Waals surface area (Å²) < 4.78 is 38.7. The van der Waals surface area contributed by atoms with Crippen LogP contribution in [0.2, 0.25) is 0 Å². The molecule has 0 aliphatic heterocycles. The van der Waals surface area contributed by atoms with E-state index in [2.05, 4.69) is 15.9 Å². The number of carbonyl (C=O) groups is 1. The number of para-hydroxylation sites is 1. The van der Waals surface area contributed by atoms with Crippen LogP contribution < -0.4 is 4.90 Å². The summed E-state index contributed by atoms with van der Waals surface area (Å²) in [7, 11) is 0. The van der Waals surface area contributed by atoms with Crippen LogP contribution in [-0.2, 0) is 11.0 Å². The minimum Gasteiger partial charge on any atom is -0.300 e. The normalized spacial score (nSPS) is 11.4. The van der Waals surface area contributed by atoms with Crippen molar-refractivity contribution >= 4 is 39.1 Å². The quantitative estimate of drug-likeness (QED) is 0.601. The molecule has 100 valence electrons. The molecule has 1 aromatic rings. The van der Waals surface area contributed by atoms with E-state index in [1.165, 1.54) is 19.1 Å². The summed E-state index contributed by atoms with van der Waals surface area (Å²) >= 11 is 8.41. The summed E-state index contributed by atoms with van der Waals surface area (Å²) in [5.41, 5.74) is -0.692. The van der Waals surface area contributed by atoms with Gasteiger partial charge in [0.15, 0.2) is 0 Å². The van der Waals surface area contributed by atoms with E-state index in [1.54, 1.807) is 0 Å². The fraction of sp³-hybridized carbons (Fsp3) is 0.364. The zero-order chi connectivity index (χ0) is 13.9. The number of hydrogen-bond donors (Lipinski definition) is 0. The second-order valence-electron chi connectivity index (χ2n) is 3.54. The van der Waals surface area contributed by atoms with E-state index in [-0.39, 0.29) is 17.0 Å². The lowest BCUT2D eigenvalue weighted by Gasteiger charge is -2.25. The number of hydrogen-bond acceptors (Lipinski definition) is 1. The van der Waals surface area contributed by atoms with Crippen LogP contribution in [0.1, 0.15) is 11.1 Å². The standard InChI is InChI=1S/C11H10BrClF3NO/c1-7-3-2-4-8(11(14,15)16)10(7)17(6-12)9(18)5-13/h2-4H,5-6H2,1H3. The Morgan fingerprint density at radius 2 is 2.06 bits per heavy atom. The van der Waals surface area contributed by atoms with Gasteiger partial charge in [0.1, 0.15) is 5.88 Å². The number of alkyl halides is 5. The highest BCUT2D eigenvalue weighted by molar-refractivity contribution is 9.09. The van der Waals surface area contributed by atoms with Crippen molar-refractivity contribution in [1.29, 1.82) is 0 Å². The van der Waals surface area contributed by atoms with Crippen LogP contribution >= 0.6 is 27.5 Å². The molecule has 2 nitrogen and oxygen atoms in total. The molecule has 1 amide bonds. The van der Waals surface area contributed by atoms with Crippen molar-refractivity contribution in [3.8, 4) is 0 Å². The molecule has 0 fully saturated rings. The van der Waals surface area contributed by atoms with Gasteiger partial charge >= 0.3 is 6.18 Å². The Hall–Kier alpha value is -0.750. The number of carbonyl (C=O) groups excluding carboxylic acids is 1. The minimum atomic E-state index is -4.52. The Bertz CT molecular complexity index is 450. The maximum absolute atomic E-state index is 12.9. The molecule has 0 atom stereocenters. The van der Waals surface area contributed by atoms with Gasteiger partial charge in [-0.3, -0.25) is 4.79 Å². The molecule has 0 spiro atoms. The number of benzene rings is 1. The first-order valence-electron chi connectivity index (χ1n) is 4.92. The number of nitrogens with zero attached hydrogens (tertiary/aromatic N) is 1. The molecule has 1 rings (SSSR count). The van der Waals surface area contributed by atoms with Crippen LogP contribution in [0.3, 0.4) is 0 Å². The van der Waals surface area contributed by atoms with Crippen LogP contribution in [-0.4, -0.2) is 17.2 Å². The summed E-state index contributed by atoms with van der Waals surface area (Å²) in [4.78, 5) is 12.5. The van der Waals surface area contributed by atoms with E-state index in [0.717, 1.165) is 11.0 Å². The Labute approximate surface area is 116 Å². The number of anilines is 1. The third-order valence-corrected chi connectivity index (χ3v) is 3.08. The average Bonchev–Trinajstić information content (AvgIpc) is 2.30. The monoisotopic (exact) mass is 343 g/mol. The van der Waals surface area contributed by atoms with Crippen molar-refractivity contribution in [1.82, 2.24) is 0 Å². The van der Waals surface area contributed by atoms with Crippen molar-refractivity contribution in [3.05, 3.63) is 29.3 Å². The maximum Gasteiger partial charge on any atom is 0.418 e. The Morgan fingerprint density at radius 1 is 1.44 bits per heavy atom. The van der Waals surface area contributed by atoms with Crippen molar-refractivity contribution in [2.24, 2.45) is 0 Å². The molecule has 0 aromatic heterocycles. The van der Waals surface area contributed by atoms with Crippen molar-refractivity contribution in [3.63, 3.8) is 0 Å². The molecule has 18 heavy (non-hydrogen) atoms. The number of aryl methyl sites for hydroxylation is 1. The molecule has 0 heterocycles. The predicted molar refractivity (Wildman–Crippen MR) is 68.2 cm³/mol. The summed E-state index contributed by atoms with van der Waals surface area (Å²) in [6, 6.07) is 3.76. The molecule has 0 saturated heterocycles. The molecule has 0 N–H and O–H groups in total. The molecule has 0 radical (unpaired) electrons. The van der Waals surface area contributed by atoms with Crippen LogP contribution in [0.15, 0.2) is 18.2 Å². The highest BCUT2D eigenvalue weighted by Gasteiger charge is 2.36. The van der Waals surface area contributed by atoms with Gasteiger partial charge in [-0.15, -0.1) is 11.6 Å². The Morgan fingerprint density at radius 3 is 2.50 bits per heavy atom. The fourth-order valence-corrected chi connectivity index (χ4v) is 2.24. The molecule has 0 aliphatic rings. The summed E-state index contributed by atoms with van der Waals surface area (Å²) in [6.07, 6.45) is -4.52. The van der Waals surface area contributed by atoms with Gasteiger partial charge in [0.2, 0.25) is 5.91 Å². The molecule has 0 unspecified atom stereocenters. The summed E-state index contributed by atoms with van der Waals surface area (Å²) in [5, 5.41) is 0. The molecule has 0 aliphatic carbocycles. The Balaban J connectivity index is 3.41. The van der Waals surface area contributed by atoms with Gasteiger partial charge in [0.25, 0.3) is 0 Å². The second-order valence-corrected chi connectivity index (χ2v) is 4.31. The third kappa shape index (κ3) is 3.17. The fourth-order valence-electron chi connectivity index (χ4n) is 1.57. The lowest BCUT2D eigenvalue weighted by molar-refractivity contribution is -0.137. The van der Waals surface area contributed by atoms with Gasteiger partial charge in [0, 0.05) is 0 Å². The van der Waals surface area contributed by atoms with Crippen LogP contribution in [0.4, 0.5) is 18.9 Å². The van der Waals surface area contributed by atoms with E-state index < -0.39 is 17.6 Å². The van der Waals surface area contributed by atoms with Crippen LogP contribution in [0, 0.1) is 6.92 Å². The SMILES string of the molecule is Cc1cccc(C(F)(F)F)c1N(CBr)C(=O)CCl. The molecule has 0 saturated carbocycles. The topological polar surface area (TPSA) is 20.3 Å². The summed E-state index contributed by atoms with van der Waals surface area (Å²) in [5.74, 6) is -0.967. The van der Waals surface area contributed by atoms with Crippen LogP contribution in [0.5, 0.6) is 0 Å². The van der Waals surface area contributed by atoms with E-state index in [4.69, 9.17) is 11.6 Å². The highest BCUT2D eigenvalue weighted by atomic mass is 79.9. The summed E-state index contributed by atoms with van der Waals surface area (Å²) in [6.45, 7) is 1.52. The molecular formula is C11H10BrClF3NO. The Kier molecular flexibility index (Phi) is 5.04. The van der Waals surface area contributed by atoms with E-state index in [9.17, 15) is 18.0 Å². The lowest BCUT2D eigenvalue weighted by atomic mass is 10.1. The second kappa shape index (κ2) is 5.93. The largest absolute Gasteiger partial charge is 0.418 e. The number of halogens is 5. The van der Waals surface area contributed by atoms with Gasteiger partial charge < -0.3 is 4.90 Å². The minimum absolute atomic E-state index is 0.0491. The molecule has 1 aromatic carbocycles. The lowest BCUT2D eigenvalue weighted by Crippen LogP contribution is -2.33.